The van der Waals surface area contributed by atoms with E-state index in [9.17, 15) is 19.7 Å². The van der Waals surface area contributed by atoms with Gasteiger partial charge in [0.2, 0.25) is 5.91 Å². The van der Waals surface area contributed by atoms with Crippen molar-refractivity contribution in [2.24, 2.45) is 0 Å². The molecule has 0 bridgehead atoms. The van der Waals surface area contributed by atoms with Crippen LogP contribution in [0.15, 0.2) is 48.5 Å². The van der Waals surface area contributed by atoms with Crippen molar-refractivity contribution in [1.82, 2.24) is 0 Å². The Hall–Kier alpha value is -3.22. The molecule has 2 rings (SSSR count). The van der Waals surface area contributed by atoms with E-state index >= 15 is 0 Å². The number of esters is 1. The van der Waals surface area contributed by atoms with Gasteiger partial charge in [0.25, 0.3) is 5.69 Å². The van der Waals surface area contributed by atoms with Crippen molar-refractivity contribution in [3.05, 3.63) is 64.2 Å². The van der Waals surface area contributed by atoms with Crippen LogP contribution in [0.1, 0.15) is 62.2 Å². The molecule has 0 aliphatic rings. The highest BCUT2D eigenvalue weighted by Gasteiger charge is 2.11. The van der Waals surface area contributed by atoms with Crippen molar-refractivity contribution in [2.45, 2.75) is 51.9 Å². The lowest BCUT2D eigenvalue weighted by Crippen LogP contribution is -2.12. The Morgan fingerprint density at radius 1 is 0.931 bits per heavy atom. The summed E-state index contributed by atoms with van der Waals surface area (Å²) in [5.41, 5.74) is 0.857. The minimum Gasteiger partial charge on any atom is -0.423 e. The van der Waals surface area contributed by atoms with Gasteiger partial charge in [0.1, 0.15) is 5.75 Å². The number of nitro groups is 1. The molecule has 7 heteroatoms. The number of carbonyl (C=O) groups is 2. The number of hydrogen-bond donors (Lipinski definition) is 1. The zero-order valence-corrected chi connectivity index (χ0v) is 16.6. The Kier molecular flexibility index (Phi) is 8.82. The van der Waals surface area contributed by atoms with E-state index in [0.717, 1.165) is 19.3 Å². The molecule has 154 valence electrons. The first-order valence-corrected chi connectivity index (χ1v) is 9.86. The maximum atomic E-state index is 12.2. The van der Waals surface area contributed by atoms with Gasteiger partial charge in [-0.1, -0.05) is 39.0 Å². The number of nitrogens with zero attached hydrogens (tertiary/aromatic N) is 1. The Bertz CT molecular complexity index is 816. The van der Waals surface area contributed by atoms with Crippen LogP contribution in [0.5, 0.6) is 5.75 Å². The lowest BCUT2D eigenvalue weighted by molar-refractivity contribution is -0.384. The predicted octanol–water partition coefficient (Wildman–Crippen LogP) is 5.50. The Labute approximate surface area is 170 Å². The molecule has 0 aliphatic heterocycles. The van der Waals surface area contributed by atoms with Gasteiger partial charge in [0.05, 0.1) is 10.5 Å². The third-order valence-electron chi connectivity index (χ3n) is 4.42. The summed E-state index contributed by atoms with van der Waals surface area (Å²) in [6, 6.07) is 11.7. The molecule has 0 saturated heterocycles. The van der Waals surface area contributed by atoms with Crippen LogP contribution in [0.4, 0.5) is 11.4 Å². The van der Waals surface area contributed by atoms with Crippen LogP contribution in [-0.4, -0.2) is 16.8 Å². The van der Waals surface area contributed by atoms with Crippen molar-refractivity contribution in [3.63, 3.8) is 0 Å². The second kappa shape index (κ2) is 11.6. The molecule has 0 unspecified atom stereocenters. The standard InChI is InChI=1S/C22H26N2O5/c1-2-3-4-5-6-7-8-21(25)23-18-11-9-17(10-12-18)22(26)29-20-15-13-19(14-16-20)24(27)28/h9-16H,2-8H2,1H3,(H,23,25). The van der Waals surface area contributed by atoms with Gasteiger partial charge in [0.15, 0.2) is 0 Å². The van der Waals surface area contributed by atoms with Crippen LogP contribution in [0.2, 0.25) is 0 Å². The summed E-state index contributed by atoms with van der Waals surface area (Å²) in [6.07, 6.45) is 7.23. The summed E-state index contributed by atoms with van der Waals surface area (Å²) in [7, 11) is 0. The van der Waals surface area contributed by atoms with E-state index < -0.39 is 10.9 Å². The molecule has 0 saturated carbocycles. The van der Waals surface area contributed by atoms with Crippen molar-refractivity contribution in [1.29, 1.82) is 0 Å². The normalized spacial score (nSPS) is 10.4. The van der Waals surface area contributed by atoms with Gasteiger partial charge in [-0.25, -0.2) is 4.79 Å². The fourth-order valence-electron chi connectivity index (χ4n) is 2.78. The number of unbranched alkanes of at least 4 members (excludes halogenated alkanes) is 5. The maximum Gasteiger partial charge on any atom is 0.343 e. The van der Waals surface area contributed by atoms with Crippen LogP contribution in [-0.2, 0) is 4.79 Å². The Morgan fingerprint density at radius 3 is 2.17 bits per heavy atom. The average molecular weight is 398 g/mol. The molecule has 7 nitrogen and oxygen atoms in total. The van der Waals surface area contributed by atoms with Gasteiger partial charge in [-0.05, 0) is 42.8 Å². The van der Waals surface area contributed by atoms with E-state index in [1.807, 2.05) is 0 Å². The van der Waals surface area contributed by atoms with Gasteiger partial charge < -0.3 is 10.1 Å². The molecule has 0 radical (unpaired) electrons. The highest BCUT2D eigenvalue weighted by Crippen LogP contribution is 2.19. The molecule has 1 N–H and O–H groups in total. The van der Waals surface area contributed by atoms with Gasteiger partial charge in [-0.15, -0.1) is 0 Å². The van der Waals surface area contributed by atoms with Crippen molar-refractivity contribution in [2.75, 3.05) is 5.32 Å². The molecule has 0 aromatic heterocycles. The fourth-order valence-corrected chi connectivity index (χ4v) is 2.78. The van der Waals surface area contributed by atoms with Crippen LogP contribution < -0.4 is 10.1 Å². The molecule has 2 aromatic rings. The number of non-ortho nitro benzene ring substituents is 1. The van der Waals surface area contributed by atoms with Crippen molar-refractivity contribution >= 4 is 23.3 Å². The minimum atomic E-state index is -0.580. The molecule has 0 aliphatic carbocycles. The van der Waals surface area contributed by atoms with Crippen LogP contribution >= 0.6 is 0 Å². The number of nitro benzene ring substituents is 1. The smallest absolute Gasteiger partial charge is 0.343 e. The highest BCUT2D eigenvalue weighted by molar-refractivity contribution is 5.93. The summed E-state index contributed by atoms with van der Waals surface area (Å²) >= 11 is 0. The number of anilines is 1. The van der Waals surface area contributed by atoms with Crippen LogP contribution in [0.25, 0.3) is 0 Å². The second-order valence-corrected chi connectivity index (χ2v) is 6.78. The van der Waals surface area contributed by atoms with Gasteiger partial charge in [-0.2, -0.15) is 0 Å². The van der Waals surface area contributed by atoms with E-state index in [1.165, 1.54) is 43.5 Å². The third-order valence-corrected chi connectivity index (χ3v) is 4.42. The number of ether oxygens (including phenoxy) is 1. The number of benzene rings is 2. The zero-order valence-electron chi connectivity index (χ0n) is 16.6. The Morgan fingerprint density at radius 2 is 1.55 bits per heavy atom. The molecule has 0 spiro atoms. The second-order valence-electron chi connectivity index (χ2n) is 6.78. The van der Waals surface area contributed by atoms with Gasteiger partial charge in [0, 0.05) is 24.2 Å². The summed E-state index contributed by atoms with van der Waals surface area (Å²) in [5, 5.41) is 13.5. The Balaban J connectivity index is 1.79. The largest absolute Gasteiger partial charge is 0.423 e. The van der Waals surface area contributed by atoms with Crippen LogP contribution in [0.3, 0.4) is 0 Å². The van der Waals surface area contributed by atoms with E-state index in [1.54, 1.807) is 24.3 Å². The van der Waals surface area contributed by atoms with Crippen molar-refractivity contribution < 1.29 is 19.2 Å². The lowest BCUT2D eigenvalue weighted by Gasteiger charge is -2.07. The molecule has 0 atom stereocenters. The molecule has 1 amide bonds. The molecule has 0 fully saturated rings. The SMILES string of the molecule is CCCCCCCCC(=O)Nc1ccc(C(=O)Oc2ccc([N+](=O)[O-])cc2)cc1. The molecule has 2 aromatic carbocycles. The number of rotatable bonds is 11. The van der Waals surface area contributed by atoms with Gasteiger partial charge >= 0.3 is 5.97 Å². The van der Waals surface area contributed by atoms with Crippen LogP contribution in [0, 0.1) is 10.1 Å². The average Bonchev–Trinajstić information content (AvgIpc) is 2.71. The minimum absolute atomic E-state index is 0.0401. The topological polar surface area (TPSA) is 98.5 Å². The van der Waals surface area contributed by atoms with E-state index in [4.69, 9.17) is 4.74 Å². The molecule has 0 heterocycles. The lowest BCUT2D eigenvalue weighted by atomic mass is 10.1. The highest BCUT2D eigenvalue weighted by atomic mass is 16.6. The summed E-state index contributed by atoms with van der Waals surface area (Å²) in [4.78, 5) is 34.3. The molecule has 29 heavy (non-hydrogen) atoms. The van der Waals surface area contributed by atoms with Gasteiger partial charge in [-0.3, -0.25) is 14.9 Å². The fraction of sp³-hybridized carbons (Fsp3) is 0.364. The number of amides is 1. The summed E-state index contributed by atoms with van der Waals surface area (Å²) in [6.45, 7) is 2.17. The third kappa shape index (κ3) is 7.73. The predicted molar refractivity (Wildman–Crippen MR) is 111 cm³/mol. The molecular formula is C22H26N2O5. The summed E-state index contributed by atoms with van der Waals surface area (Å²) < 4.78 is 5.20. The monoisotopic (exact) mass is 398 g/mol. The number of nitrogens with one attached hydrogen (secondary N) is 1. The maximum absolute atomic E-state index is 12.2. The quantitative estimate of drug-likeness (QED) is 0.177. The molecular weight excluding hydrogens is 372 g/mol. The summed E-state index contributed by atoms with van der Waals surface area (Å²) in [5.74, 6) is -0.401. The first-order valence-electron chi connectivity index (χ1n) is 9.86. The van der Waals surface area contributed by atoms with Crippen molar-refractivity contribution in [3.8, 4) is 5.75 Å². The van der Waals surface area contributed by atoms with E-state index in [-0.39, 0.29) is 17.3 Å². The van der Waals surface area contributed by atoms with E-state index in [0.29, 0.717) is 17.7 Å². The first kappa shape index (κ1) is 22.1. The first-order chi connectivity index (χ1) is 14.0. The van der Waals surface area contributed by atoms with E-state index in [2.05, 4.69) is 12.2 Å². The zero-order chi connectivity index (χ0) is 21.1. The number of carbonyl (C=O) groups excluding carboxylic acids is 2. The number of hydrogen-bond acceptors (Lipinski definition) is 5.